The van der Waals surface area contributed by atoms with Crippen molar-refractivity contribution < 1.29 is 19.1 Å². The normalized spacial score (nSPS) is 22.5. The van der Waals surface area contributed by atoms with E-state index in [-0.39, 0.29) is 17.9 Å². The van der Waals surface area contributed by atoms with Crippen molar-refractivity contribution >= 4 is 22.8 Å². The van der Waals surface area contributed by atoms with Crippen LogP contribution in [0.4, 0.5) is 0 Å². The molecule has 0 amide bonds. The van der Waals surface area contributed by atoms with Crippen LogP contribution >= 0.6 is 0 Å². The molecule has 24 heavy (non-hydrogen) atoms. The second-order valence-electron chi connectivity index (χ2n) is 6.97. The third-order valence-corrected chi connectivity index (χ3v) is 5.15. The molecule has 2 atom stereocenters. The number of carbonyl (C=O) groups is 2. The highest BCUT2D eigenvalue weighted by molar-refractivity contribution is 6.06. The molecule has 0 N–H and O–H groups in total. The van der Waals surface area contributed by atoms with Gasteiger partial charge in [-0.15, -0.1) is 0 Å². The van der Waals surface area contributed by atoms with Crippen LogP contribution in [0.5, 0.6) is 5.75 Å². The van der Waals surface area contributed by atoms with Crippen LogP contribution in [0.1, 0.15) is 48.3 Å². The maximum atomic E-state index is 12.3. The first-order valence-electron chi connectivity index (χ1n) is 8.45. The number of hydrogen-bond donors (Lipinski definition) is 0. The Morgan fingerprint density at radius 1 is 1.25 bits per heavy atom. The highest BCUT2D eigenvalue weighted by Gasteiger charge is 2.41. The molecule has 5 nitrogen and oxygen atoms in total. The molecule has 0 bridgehead atoms. The summed E-state index contributed by atoms with van der Waals surface area (Å²) in [6.07, 6.45) is 3.15. The fourth-order valence-electron chi connectivity index (χ4n) is 3.49. The van der Waals surface area contributed by atoms with E-state index in [4.69, 9.17) is 9.47 Å². The van der Waals surface area contributed by atoms with E-state index in [9.17, 15) is 9.59 Å². The largest absolute Gasteiger partial charge is 0.465 e. The van der Waals surface area contributed by atoms with Gasteiger partial charge in [-0.05, 0) is 50.3 Å². The number of esters is 2. The summed E-state index contributed by atoms with van der Waals surface area (Å²) in [5.41, 5.74) is 2.48. The minimum absolute atomic E-state index is 0.0126. The fourth-order valence-corrected chi connectivity index (χ4v) is 3.49. The number of rotatable bonds is 4. The molecule has 4 rings (SSSR count). The van der Waals surface area contributed by atoms with Crippen LogP contribution in [0.25, 0.3) is 10.9 Å². The molecule has 5 heteroatoms. The summed E-state index contributed by atoms with van der Waals surface area (Å²) in [5, 5.41) is 0.792. The number of nitrogens with zero attached hydrogens (tertiary/aromatic N) is 1. The second-order valence-corrected chi connectivity index (χ2v) is 6.97. The van der Waals surface area contributed by atoms with Crippen molar-refractivity contribution in [1.29, 1.82) is 0 Å². The number of benzene rings is 1. The van der Waals surface area contributed by atoms with E-state index in [2.05, 4.69) is 4.57 Å². The molecule has 1 heterocycles. The van der Waals surface area contributed by atoms with Gasteiger partial charge in [0.05, 0.1) is 18.6 Å². The van der Waals surface area contributed by atoms with Gasteiger partial charge in [-0.1, -0.05) is 6.92 Å². The molecule has 0 spiro atoms. The van der Waals surface area contributed by atoms with Crippen molar-refractivity contribution in [3.8, 4) is 5.75 Å². The smallest absolute Gasteiger partial charge is 0.340 e. The highest BCUT2D eigenvalue weighted by Crippen LogP contribution is 2.42. The van der Waals surface area contributed by atoms with Crippen molar-refractivity contribution in [1.82, 2.24) is 4.57 Å². The summed E-state index contributed by atoms with van der Waals surface area (Å²) >= 11 is 0. The summed E-state index contributed by atoms with van der Waals surface area (Å²) in [5.74, 6) is 0.379. The van der Waals surface area contributed by atoms with Crippen molar-refractivity contribution in [3.63, 3.8) is 0 Å². The zero-order valence-electron chi connectivity index (χ0n) is 14.2. The van der Waals surface area contributed by atoms with Crippen LogP contribution in [-0.4, -0.2) is 23.6 Å². The zero-order valence-corrected chi connectivity index (χ0v) is 14.2. The Kier molecular flexibility index (Phi) is 3.41. The lowest BCUT2D eigenvalue weighted by molar-refractivity contribution is -0.136. The molecule has 0 saturated heterocycles. The number of hydrogen-bond acceptors (Lipinski definition) is 4. The third-order valence-electron chi connectivity index (χ3n) is 5.15. The Bertz CT molecular complexity index is 847. The lowest BCUT2D eigenvalue weighted by Crippen LogP contribution is -2.11. The fraction of sp³-hybridized carbons (Fsp3) is 0.474. The van der Waals surface area contributed by atoms with E-state index in [0.717, 1.165) is 35.9 Å². The number of aromatic nitrogens is 1. The van der Waals surface area contributed by atoms with Gasteiger partial charge in [0.15, 0.2) is 0 Å². The molecule has 2 saturated carbocycles. The lowest BCUT2D eigenvalue weighted by atomic mass is 10.1. The topological polar surface area (TPSA) is 57.5 Å². The maximum absolute atomic E-state index is 12.3. The number of carbonyl (C=O) groups excluding carboxylic acids is 2. The zero-order chi connectivity index (χ0) is 17.0. The van der Waals surface area contributed by atoms with Gasteiger partial charge in [-0.25, -0.2) is 4.79 Å². The second kappa shape index (κ2) is 5.36. The minimum Gasteiger partial charge on any atom is -0.465 e. The van der Waals surface area contributed by atoms with Gasteiger partial charge in [0, 0.05) is 22.6 Å². The van der Waals surface area contributed by atoms with E-state index >= 15 is 0 Å². The Labute approximate surface area is 140 Å². The van der Waals surface area contributed by atoms with Crippen molar-refractivity contribution in [2.75, 3.05) is 7.11 Å². The van der Waals surface area contributed by atoms with E-state index in [0.29, 0.717) is 23.3 Å². The average Bonchev–Trinajstić information content (AvgIpc) is 3.47. The lowest BCUT2D eigenvalue weighted by Gasteiger charge is -2.07. The highest BCUT2D eigenvalue weighted by atomic mass is 16.5. The number of fused-ring (bicyclic) bond motifs is 1. The van der Waals surface area contributed by atoms with E-state index in [1.807, 2.05) is 26.0 Å². The van der Waals surface area contributed by atoms with Gasteiger partial charge in [-0.3, -0.25) is 4.79 Å². The van der Waals surface area contributed by atoms with Gasteiger partial charge in [-0.2, -0.15) is 0 Å². The quantitative estimate of drug-likeness (QED) is 0.635. The Morgan fingerprint density at radius 2 is 1.96 bits per heavy atom. The predicted molar refractivity (Wildman–Crippen MR) is 89.2 cm³/mol. The SMILES string of the molecule is COC(=O)c1c(C)n(C2CC2)c2ccc(OC(=O)C3CC3C)cc12. The molecule has 2 aliphatic carbocycles. The van der Waals surface area contributed by atoms with E-state index in [1.165, 1.54) is 7.11 Å². The van der Waals surface area contributed by atoms with Gasteiger partial charge in [0.1, 0.15) is 5.75 Å². The van der Waals surface area contributed by atoms with Crippen LogP contribution in [-0.2, 0) is 9.53 Å². The first-order chi connectivity index (χ1) is 11.5. The molecule has 2 unspecified atom stereocenters. The average molecular weight is 327 g/mol. The first kappa shape index (κ1) is 15.2. The maximum Gasteiger partial charge on any atom is 0.340 e. The first-order valence-corrected chi connectivity index (χ1v) is 8.45. The molecule has 2 fully saturated rings. The van der Waals surface area contributed by atoms with Gasteiger partial charge in [0.2, 0.25) is 0 Å². The molecule has 2 aliphatic rings. The molecular weight excluding hydrogens is 306 g/mol. The van der Waals surface area contributed by atoms with Crippen LogP contribution in [0, 0.1) is 18.8 Å². The van der Waals surface area contributed by atoms with Crippen LogP contribution in [0.15, 0.2) is 18.2 Å². The number of ether oxygens (including phenoxy) is 2. The van der Waals surface area contributed by atoms with Gasteiger partial charge < -0.3 is 14.0 Å². The summed E-state index contributed by atoms with van der Waals surface area (Å²) in [7, 11) is 1.39. The monoisotopic (exact) mass is 327 g/mol. The number of methoxy groups -OCH3 is 1. The Morgan fingerprint density at radius 3 is 2.54 bits per heavy atom. The van der Waals surface area contributed by atoms with E-state index < -0.39 is 0 Å². The minimum atomic E-state index is -0.351. The predicted octanol–water partition coefficient (Wildman–Crippen LogP) is 3.63. The van der Waals surface area contributed by atoms with Crippen LogP contribution in [0.2, 0.25) is 0 Å². The van der Waals surface area contributed by atoms with Crippen LogP contribution < -0.4 is 4.74 Å². The van der Waals surface area contributed by atoms with Gasteiger partial charge >= 0.3 is 11.9 Å². The standard InChI is InChI=1S/C19H21NO4/c1-10-8-14(10)18(21)24-13-6-7-16-15(9-13)17(19(22)23-3)11(2)20(16)12-4-5-12/h6-7,9-10,12,14H,4-5,8H2,1-3H3. The van der Waals surface area contributed by atoms with Gasteiger partial charge in [0.25, 0.3) is 0 Å². The molecule has 2 aromatic rings. The third kappa shape index (κ3) is 2.39. The van der Waals surface area contributed by atoms with Crippen molar-refractivity contribution in [2.45, 2.75) is 39.2 Å². The van der Waals surface area contributed by atoms with Crippen LogP contribution in [0.3, 0.4) is 0 Å². The summed E-state index contributed by atoms with van der Waals surface area (Å²) in [4.78, 5) is 24.3. The molecule has 1 aromatic heterocycles. The summed E-state index contributed by atoms with van der Waals surface area (Å²) in [6.45, 7) is 3.99. The molecule has 126 valence electrons. The molecule has 1 aromatic carbocycles. The van der Waals surface area contributed by atoms with Crippen molar-refractivity contribution in [3.05, 3.63) is 29.5 Å². The molecule has 0 radical (unpaired) electrons. The summed E-state index contributed by atoms with van der Waals surface area (Å²) < 4.78 is 12.7. The Balaban J connectivity index is 1.77. The summed E-state index contributed by atoms with van der Waals surface area (Å²) in [6, 6.07) is 5.99. The van der Waals surface area contributed by atoms with Crippen molar-refractivity contribution in [2.24, 2.45) is 11.8 Å². The van der Waals surface area contributed by atoms with E-state index in [1.54, 1.807) is 6.07 Å². The Hall–Kier alpha value is -2.30. The molecular formula is C19H21NO4. The molecule has 0 aliphatic heterocycles.